The van der Waals surface area contributed by atoms with E-state index in [9.17, 15) is 19.2 Å². The van der Waals surface area contributed by atoms with Gasteiger partial charge < -0.3 is 19.7 Å². The van der Waals surface area contributed by atoms with Gasteiger partial charge in [-0.05, 0) is 35.4 Å². The Hall–Kier alpha value is -3.88. The second-order valence-corrected chi connectivity index (χ2v) is 6.36. The van der Waals surface area contributed by atoms with E-state index >= 15 is 0 Å². The summed E-state index contributed by atoms with van der Waals surface area (Å²) in [5, 5.41) is 17.4. The quantitative estimate of drug-likeness (QED) is 0.708. The molecule has 0 saturated heterocycles. The van der Waals surface area contributed by atoms with Crippen molar-refractivity contribution >= 4 is 23.8 Å². The number of aliphatic carboxylic acids is 1. The number of aromatic carboxylic acids is 1. The zero-order chi connectivity index (χ0) is 22.4. The lowest BCUT2D eigenvalue weighted by molar-refractivity contribution is -0.136. The lowest BCUT2D eigenvalue weighted by atomic mass is 9.98. The van der Waals surface area contributed by atoms with Gasteiger partial charge in [0.1, 0.15) is 11.5 Å². The second-order valence-electron chi connectivity index (χ2n) is 6.36. The Bertz CT molecular complexity index is 998. The zero-order valence-electron chi connectivity index (χ0n) is 16.7. The number of carboxylic acids is 2. The lowest BCUT2D eigenvalue weighted by Crippen LogP contribution is -2.39. The average molecular weight is 415 g/mol. The van der Waals surface area contributed by atoms with Crippen LogP contribution < -0.4 is 9.47 Å². The van der Waals surface area contributed by atoms with Gasteiger partial charge in [0.25, 0.3) is 5.91 Å². The molecule has 1 aliphatic heterocycles. The van der Waals surface area contributed by atoms with Crippen LogP contribution in [0, 0.1) is 0 Å². The topological polar surface area (TPSA) is 130 Å². The highest BCUT2D eigenvalue weighted by Crippen LogP contribution is 2.23. The Labute approximate surface area is 172 Å². The number of carbonyl (C=O) groups excluding carboxylic acids is 2. The van der Waals surface area contributed by atoms with E-state index in [1.54, 1.807) is 25.3 Å². The van der Waals surface area contributed by atoms with Gasteiger partial charge >= 0.3 is 11.9 Å². The van der Waals surface area contributed by atoms with Crippen LogP contribution in [0.15, 0.2) is 36.4 Å². The number of hydrogen-bond donors (Lipinski definition) is 2. The molecule has 2 amide bonds. The number of likely N-dealkylation sites (N-methyl/N-ethyl adjacent to an activating group) is 1. The molecule has 9 heteroatoms. The molecule has 1 aliphatic rings. The monoisotopic (exact) mass is 415 g/mol. The molecular weight excluding hydrogens is 394 g/mol. The molecule has 2 aromatic carbocycles. The van der Waals surface area contributed by atoms with Crippen molar-refractivity contribution in [2.75, 3.05) is 21.3 Å². The van der Waals surface area contributed by atoms with E-state index in [0.717, 1.165) is 10.5 Å². The van der Waals surface area contributed by atoms with E-state index in [0.29, 0.717) is 17.1 Å². The van der Waals surface area contributed by atoms with Crippen LogP contribution in [0.4, 0.5) is 0 Å². The number of hydrogen-bond acceptors (Lipinski definition) is 6. The molecule has 3 rings (SSSR count). The third-order valence-corrected chi connectivity index (χ3v) is 4.46. The molecule has 0 aromatic heterocycles. The van der Waals surface area contributed by atoms with E-state index in [1.165, 1.54) is 32.4 Å². The normalized spacial score (nSPS) is 12.4. The molecule has 2 N–H and O–H groups in total. The van der Waals surface area contributed by atoms with Crippen LogP contribution in [-0.4, -0.2) is 60.1 Å². The molecule has 0 bridgehead atoms. The maximum Gasteiger partial charge on any atom is 0.336 e. The number of methoxy groups -OCH3 is 2. The van der Waals surface area contributed by atoms with Gasteiger partial charge in [0.05, 0.1) is 32.6 Å². The largest absolute Gasteiger partial charge is 0.497 e. The van der Waals surface area contributed by atoms with Crippen molar-refractivity contribution < 1.29 is 38.9 Å². The first kappa shape index (κ1) is 22.4. The van der Waals surface area contributed by atoms with Gasteiger partial charge in [0.15, 0.2) is 0 Å². The van der Waals surface area contributed by atoms with Gasteiger partial charge in [-0.2, -0.15) is 0 Å². The average Bonchev–Trinajstić information content (AvgIpc) is 2.72. The number of imide groups is 1. The molecule has 9 nitrogen and oxygen atoms in total. The molecule has 30 heavy (non-hydrogen) atoms. The van der Waals surface area contributed by atoms with Crippen molar-refractivity contribution in [1.82, 2.24) is 4.90 Å². The van der Waals surface area contributed by atoms with Gasteiger partial charge in [0.2, 0.25) is 5.91 Å². The summed E-state index contributed by atoms with van der Waals surface area (Å²) in [7, 11) is 4.45. The van der Waals surface area contributed by atoms with Crippen LogP contribution in [0.2, 0.25) is 0 Å². The van der Waals surface area contributed by atoms with Crippen LogP contribution in [0.1, 0.15) is 31.8 Å². The predicted molar refractivity (Wildman–Crippen MR) is 105 cm³/mol. The van der Waals surface area contributed by atoms with E-state index in [4.69, 9.17) is 19.7 Å². The molecule has 0 atom stereocenters. The summed E-state index contributed by atoms with van der Waals surface area (Å²) < 4.78 is 9.89. The summed E-state index contributed by atoms with van der Waals surface area (Å²) in [6.45, 7) is 0. The first-order chi connectivity index (χ1) is 14.2. The molecule has 2 aromatic rings. The first-order valence-electron chi connectivity index (χ1n) is 8.77. The number of rotatable bonds is 5. The Morgan fingerprint density at radius 2 is 1.60 bits per heavy atom. The number of amides is 2. The molecule has 1 heterocycles. The van der Waals surface area contributed by atoms with E-state index < -0.39 is 11.9 Å². The molecule has 0 spiro atoms. The van der Waals surface area contributed by atoms with Gasteiger partial charge in [0, 0.05) is 12.6 Å². The van der Waals surface area contributed by atoms with Crippen molar-refractivity contribution in [2.24, 2.45) is 0 Å². The highest BCUT2D eigenvalue weighted by molar-refractivity contribution is 6.09. The Balaban J connectivity index is 0.000000214. The SMILES string of the molecule is COc1ccc(CC(=O)O)c(C(=O)O)c1.COc1ccc2c(c1)C(=O)N(C)C(=O)C2. The van der Waals surface area contributed by atoms with Crippen LogP contribution >= 0.6 is 0 Å². The summed E-state index contributed by atoms with van der Waals surface area (Å²) in [6, 6.07) is 9.46. The number of ether oxygens (including phenoxy) is 2. The van der Waals surface area contributed by atoms with Gasteiger partial charge in [-0.15, -0.1) is 0 Å². The van der Waals surface area contributed by atoms with Gasteiger partial charge in [-0.3, -0.25) is 19.3 Å². The van der Waals surface area contributed by atoms with Crippen molar-refractivity contribution in [2.45, 2.75) is 12.8 Å². The smallest absolute Gasteiger partial charge is 0.336 e. The molecule has 0 saturated carbocycles. The number of fused-ring (bicyclic) bond motifs is 1. The Morgan fingerprint density at radius 1 is 1.00 bits per heavy atom. The van der Waals surface area contributed by atoms with Crippen LogP contribution in [-0.2, 0) is 22.4 Å². The summed E-state index contributed by atoms with van der Waals surface area (Å²) in [4.78, 5) is 45.6. The number of carboxylic acid groups (broad SMARTS) is 2. The second kappa shape index (κ2) is 9.55. The lowest BCUT2D eigenvalue weighted by Gasteiger charge is -2.23. The molecule has 158 valence electrons. The molecule has 0 unspecified atom stereocenters. The summed E-state index contributed by atoms with van der Waals surface area (Å²) in [5.74, 6) is -1.64. The van der Waals surface area contributed by atoms with Crippen molar-refractivity contribution in [3.8, 4) is 11.5 Å². The third kappa shape index (κ3) is 5.13. The van der Waals surface area contributed by atoms with Crippen molar-refractivity contribution in [1.29, 1.82) is 0 Å². The van der Waals surface area contributed by atoms with E-state index in [2.05, 4.69) is 0 Å². The molecule has 0 aliphatic carbocycles. The van der Waals surface area contributed by atoms with Crippen molar-refractivity contribution in [3.05, 3.63) is 58.7 Å². The first-order valence-corrected chi connectivity index (χ1v) is 8.77. The summed E-state index contributed by atoms with van der Waals surface area (Å²) >= 11 is 0. The molecular formula is C21H21NO8. The zero-order valence-corrected chi connectivity index (χ0v) is 16.7. The van der Waals surface area contributed by atoms with Gasteiger partial charge in [-0.1, -0.05) is 12.1 Å². The van der Waals surface area contributed by atoms with Crippen molar-refractivity contribution in [3.63, 3.8) is 0 Å². The summed E-state index contributed by atoms with van der Waals surface area (Å²) in [6.07, 6.45) is -0.0345. The number of nitrogens with zero attached hydrogens (tertiary/aromatic N) is 1. The predicted octanol–water partition coefficient (Wildman–Crippen LogP) is 1.87. The minimum absolute atomic E-state index is 0.0447. The van der Waals surface area contributed by atoms with Gasteiger partial charge in [-0.25, -0.2) is 4.79 Å². The minimum Gasteiger partial charge on any atom is -0.497 e. The number of benzene rings is 2. The maximum absolute atomic E-state index is 11.7. The fourth-order valence-electron chi connectivity index (χ4n) is 2.81. The fraction of sp³-hybridized carbons (Fsp3) is 0.238. The summed E-state index contributed by atoms with van der Waals surface area (Å²) in [5.41, 5.74) is 1.54. The third-order valence-electron chi connectivity index (χ3n) is 4.46. The molecule has 0 radical (unpaired) electrons. The highest BCUT2D eigenvalue weighted by Gasteiger charge is 2.28. The van der Waals surface area contributed by atoms with Crippen LogP contribution in [0.25, 0.3) is 0 Å². The van der Waals surface area contributed by atoms with E-state index in [-0.39, 0.29) is 35.8 Å². The highest BCUT2D eigenvalue weighted by atomic mass is 16.5. The Kier molecular flexibility index (Phi) is 7.13. The van der Waals surface area contributed by atoms with E-state index in [1.807, 2.05) is 0 Å². The maximum atomic E-state index is 11.7. The van der Waals surface area contributed by atoms with Crippen LogP contribution in [0.3, 0.4) is 0 Å². The minimum atomic E-state index is -1.16. The Morgan fingerprint density at radius 3 is 2.17 bits per heavy atom. The standard InChI is InChI=1S/C11H11NO3.C10H10O5/c1-12-10(13)5-7-3-4-8(15-2)6-9(7)11(12)14;1-15-7-3-2-6(4-9(11)12)8(5-7)10(13)14/h3-4,6H,5H2,1-2H3;2-3,5H,4H2,1H3,(H,11,12)(H,13,14). The number of carbonyl (C=O) groups is 4. The van der Waals surface area contributed by atoms with Crippen LogP contribution in [0.5, 0.6) is 11.5 Å². The molecule has 0 fully saturated rings. The fourth-order valence-corrected chi connectivity index (χ4v) is 2.81.